The van der Waals surface area contributed by atoms with E-state index in [1.807, 2.05) is 20.8 Å². The summed E-state index contributed by atoms with van der Waals surface area (Å²) < 4.78 is 15.2. The highest BCUT2D eigenvalue weighted by Gasteiger charge is 2.28. The molecule has 0 spiro atoms. The third-order valence-electron chi connectivity index (χ3n) is 2.92. The predicted octanol–water partition coefficient (Wildman–Crippen LogP) is 3.49. The molecule has 0 radical (unpaired) electrons. The van der Waals surface area contributed by atoms with E-state index in [4.69, 9.17) is 11.6 Å². The number of halogens is 2. The third kappa shape index (κ3) is 2.87. The topological polar surface area (TPSA) is 73.8 Å². The highest BCUT2D eigenvalue weighted by Crippen LogP contribution is 2.33. The first kappa shape index (κ1) is 15.4. The second kappa shape index (κ2) is 5.40. The number of aromatic nitrogens is 3. The number of benzene rings is 1. The number of hydrogen-bond donors (Lipinski definition) is 0. The maximum atomic E-state index is 13.5. The molecule has 0 saturated carbocycles. The zero-order valence-corrected chi connectivity index (χ0v) is 12.6. The SMILES string of the molecule is CC(C)(C)n1c(CCl)nnc1-c1cc(F)ccc1[N+](=O)[O-]. The minimum Gasteiger partial charge on any atom is -0.304 e. The lowest BCUT2D eigenvalue weighted by atomic mass is 10.1. The quantitative estimate of drug-likeness (QED) is 0.494. The minimum absolute atomic E-state index is 0.0822. The van der Waals surface area contributed by atoms with Gasteiger partial charge in [0.1, 0.15) is 11.6 Å². The minimum atomic E-state index is -0.577. The van der Waals surface area contributed by atoms with Gasteiger partial charge in [-0.05, 0) is 32.9 Å². The van der Waals surface area contributed by atoms with E-state index < -0.39 is 16.3 Å². The van der Waals surface area contributed by atoms with E-state index in [1.165, 1.54) is 0 Å². The number of nitro benzene ring substituents is 1. The monoisotopic (exact) mass is 312 g/mol. The van der Waals surface area contributed by atoms with Gasteiger partial charge in [-0.15, -0.1) is 21.8 Å². The molecule has 0 aliphatic carbocycles. The second-order valence-corrected chi connectivity index (χ2v) is 5.77. The maximum absolute atomic E-state index is 13.5. The molecule has 0 amide bonds. The Hall–Kier alpha value is -2.02. The van der Waals surface area contributed by atoms with Crippen molar-refractivity contribution in [2.75, 3.05) is 0 Å². The summed E-state index contributed by atoms with van der Waals surface area (Å²) in [6.07, 6.45) is 0. The molecule has 1 aromatic carbocycles. The third-order valence-corrected chi connectivity index (χ3v) is 3.16. The molecule has 21 heavy (non-hydrogen) atoms. The Morgan fingerprint density at radius 1 is 1.38 bits per heavy atom. The molecule has 6 nitrogen and oxygen atoms in total. The van der Waals surface area contributed by atoms with E-state index in [0.717, 1.165) is 18.2 Å². The van der Waals surface area contributed by atoms with Crippen molar-refractivity contribution in [3.63, 3.8) is 0 Å². The van der Waals surface area contributed by atoms with E-state index >= 15 is 0 Å². The van der Waals surface area contributed by atoms with Crippen LogP contribution >= 0.6 is 11.6 Å². The highest BCUT2D eigenvalue weighted by molar-refractivity contribution is 6.16. The summed E-state index contributed by atoms with van der Waals surface area (Å²) in [5.41, 5.74) is -0.599. The molecule has 0 aliphatic rings. The molecular weight excluding hydrogens is 299 g/mol. The van der Waals surface area contributed by atoms with Gasteiger partial charge in [0.05, 0.1) is 16.4 Å². The van der Waals surface area contributed by atoms with Crippen molar-refractivity contribution in [3.05, 3.63) is 40.0 Å². The molecule has 0 bridgehead atoms. The first-order valence-corrected chi connectivity index (χ1v) is 6.74. The number of nitro groups is 1. The Morgan fingerprint density at radius 2 is 2.05 bits per heavy atom. The van der Waals surface area contributed by atoms with Crippen LogP contribution in [0.4, 0.5) is 10.1 Å². The Kier molecular flexibility index (Phi) is 3.95. The average molecular weight is 313 g/mol. The van der Waals surface area contributed by atoms with Crippen molar-refractivity contribution in [1.82, 2.24) is 14.8 Å². The van der Waals surface area contributed by atoms with E-state index in [9.17, 15) is 14.5 Å². The van der Waals surface area contributed by atoms with Gasteiger partial charge in [0, 0.05) is 11.6 Å². The van der Waals surface area contributed by atoms with Crippen molar-refractivity contribution in [2.24, 2.45) is 0 Å². The van der Waals surface area contributed by atoms with E-state index in [-0.39, 0.29) is 23.0 Å². The fourth-order valence-corrected chi connectivity index (χ4v) is 2.30. The standard InChI is InChI=1S/C13H14ClFN4O2/c1-13(2,3)18-11(7-14)16-17-12(18)9-6-8(15)4-5-10(9)19(20)21/h4-6H,7H2,1-3H3. The molecule has 112 valence electrons. The van der Waals surface area contributed by atoms with Gasteiger partial charge >= 0.3 is 0 Å². The molecule has 0 saturated heterocycles. The lowest BCUT2D eigenvalue weighted by Gasteiger charge is -2.24. The van der Waals surface area contributed by atoms with Gasteiger partial charge in [-0.1, -0.05) is 0 Å². The van der Waals surface area contributed by atoms with Crippen molar-refractivity contribution in [2.45, 2.75) is 32.2 Å². The van der Waals surface area contributed by atoms with Crippen LogP contribution in [-0.2, 0) is 11.4 Å². The fourth-order valence-electron chi connectivity index (χ4n) is 2.13. The summed E-state index contributed by atoms with van der Waals surface area (Å²) in [4.78, 5) is 10.6. The first-order chi connectivity index (χ1) is 9.75. The molecule has 0 aliphatic heterocycles. The molecule has 0 N–H and O–H groups in total. The molecule has 8 heteroatoms. The Labute approximate surface area is 125 Å². The number of alkyl halides is 1. The Bertz CT molecular complexity index is 694. The summed E-state index contributed by atoms with van der Waals surface area (Å²) in [5, 5.41) is 19.1. The maximum Gasteiger partial charge on any atom is 0.280 e. The molecule has 1 aromatic heterocycles. The largest absolute Gasteiger partial charge is 0.304 e. The zero-order valence-electron chi connectivity index (χ0n) is 11.8. The Balaban J connectivity index is 2.76. The molecule has 1 heterocycles. The van der Waals surface area contributed by atoms with Crippen LogP contribution in [0, 0.1) is 15.9 Å². The predicted molar refractivity (Wildman–Crippen MR) is 76.6 cm³/mol. The normalized spacial score (nSPS) is 11.7. The summed E-state index contributed by atoms with van der Waals surface area (Å²) in [7, 11) is 0. The van der Waals surface area contributed by atoms with Crippen molar-refractivity contribution in [3.8, 4) is 11.4 Å². The Morgan fingerprint density at radius 3 is 2.57 bits per heavy atom. The highest BCUT2D eigenvalue weighted by atomic mass is 35.5. The van der Waals surface area contributed by atoms with Crippen molar-refractivity contribution >= 4 is 17.3 Å². The summed E-state index contributed by atoms with van der Waals surface area (Å²) in [6.45, 7) is 5.67. The molecule has 0 unspecified atom stereocenters. The first-order valence-electron chi connectivity index (χ1n) is 6.20. The second-order valence-electron chi connectivity index (χ2n) is 5.50. The van der Waals surface area contributed by atoms with Crippen molar-refractivity contribution < 1.29 is 9.31 Å². The molecule has 2 aromatic rings. The number of hydrogen-bond acceptors (Lipinski definition) is 4. The van der Waals surface area contributed by atoms with Gasteiger partial charge < -0.3 is 4.57 Å². The van der Waals surface area contributed by atoms with Crippen LogP contribution < -0.4 is 0 Å². The van der Waals surface area contributed by atoms with Gasteiger partial charge in [0.15, 0.2) is 5.82 Å². The molecule has 0 atom stereocenters. The van der Waals surface area contributed by atoms with Crippen LogP contribution in [0.2, 0.25) is 0 Å². The van der Waals surface area contributed by atoms with E-state index in [1.54, 1.807) is 4.57 Å². The smallest absolute Gasteiger partial charge is 0.280 e. The van der Waals surface area contributed by atoms with Gasteiger partial charge in [-0.25, -0.2) is 4.39 Å². The van der Waals surface area contributed by atoms with E-state index in [0.29, 0.717) is 5.82 Å². The number of nitrogens with zero attached hydrogens (tertiary/aromatic N) is 4. The zero-order chi connectivity index (χ0) is 15.8. The van der Waals surface area contributed by atoms with Gasteiger partial charge in [-0.2, -0.15) is 0 Å². The molecule has 0 fully saturated rings. The van der Waals surface area contributed by atoms with Crippen LogP contribution in [0.25, 0.3) is 11.4 Å². The lowest BCUT2D eigenvalue weighted by Crippen LogP contribution is -2.25. The van der Waals surface area contributed by atoms with Gasteiger partial charge in [0.2, 0.25) is 0 Å². The summed E-state index contributed by atoms with van der Waals surface area (Å²) >= 11 is 5.84. The summed E-state index contributed by atoms with van der Waals surface area (Å²) in [6, 6.07) is 3.25. The summed E-state index contributed by atoms with van der Waals surface area (Å²) in [5.74, 6) is 0.224. The van der Waals surface area contributed by atoms with Crippen LogP contribution in [0.3, 0.4) is 0 Å². The fraction of sp³-hybridized carbons (Fsp3) is 0.385. The van der Waals surface area contributed by atoms with Crippen LogP contribution in [0.1, 0.15) is 26.6 Å². The van der Waals surface area contributed by atoms with Crippen molar-refractivity contribution in [1.29, 1.82) is 0 Å². The lowest BCUT2D eigenvalue weighted by molar-refractivity contribution is -0.384. The van der Waals surface area contributed by atoms with Gasteiger partial charge in [-0.3, -0.25) is 10.1 Å². The average Bonchev–Trinajstić information content (AvgIpc) is 2.81. The van der Waals surface area contributed by atoms with Gasteiger partial charge in [0.25, 0.3) is 5.69 Å². The van der Waals surface area contributed by atoms with Crippen LogP contribution in [0.5, 0.6) is 0 Å². The van der Waals surface area contributed by atoms with Crippen LogP contribution in [0.15, 0.2) is 18.2 Å². The van der Waals surface area contributed by atoms with E-state index in [2.05, 4.69) is 10.2 Å². The van der Waals surface area contributed by atoms with Crippen LogP contribution in [-0.4, -0.2) is 19.7 Å². The molecular formula is C13H14ClFN4O2. The number of rotatable bonds is 3. The molecule has 2 rings (SSSR count).